The van der Waals surface area contributed by atoms with Gasteiger partial charge in [-0.25, -0.2) is 15.0 Å². The van der Waals surface area contributed by atoms with E-state index in [0.717, 1.165) is 49.8 Å². The molecule has 13 rings (SSSR count). The first-order valence-electron chi connectivity index (χ1n) is 22.1. The fourth-order valence-electron chi connectivity index (χ4n) is 10.5. The quantitative estimate of drug-likeness (QED) is 0.168. The molecule has 65 heavy (non-hydrogen) atoms. The summed E-state index contributed by atoms with van der Waals surface area (Å²) in [7, 11) is 0. The van der Waals surface area contributed by atoms with Crippen molar-refractivity contribution in [3.05, 3.63) is 253 Å². The number of para-hydroxylation sites is 1. The molecule has 2 aromatic heterocycles. The van der Waals surface area contributed by atoms with Gasteiger partial charge in [0, 0.05) is 33.8 Å². The zero-order valence-corrected chi connectivity index (χ0v) is 35.2. The van der Waals surface area contributed by atoms with Gasteiger partial charge in [0.2, 0.25) is 0 Å². The smallest absolute Gasteiger partial charge is 0.164 e. The predicted octanol–water partition coefficient (Wildman–Crippen LogP) is 14.8. The van der Waals surface area contributed by atoms with Gasteiger partial charge in [0.25, 0.3) is 0 Å². The largest absolute Gasteiger partial charge is 0.256 e. The van der Waals surface area contributed by atoms with Crippen LogP contribution in [-0.4, -0.2) is 19.9 Å². The number of benzene rings is 9. The van der Waals surface area contributed by atoms with Crippen molar-refractivity contribution < 1.29 is 0 Å². The number of hydrogen-bond acceptors (Lipinski definition) is 4. The molecule has 2 aliphatic carbocycles. The van der Waals surface area contributed by atoms with Crippen molar-refractivity contribution in [1.82, 2.24) is 19.9 Å². The Morgan fingerprint density at radius 1 is 0.262 bits per heavy atom. The normalized spacial score (nSPS) is 12.7. The van der Waals surface area contributed by atoms with E-state index in [1.165, 1.54) is 55.6 Å². The standard InChI is InChI=1S/C61H38N4/c1-2-13-44(14-3-1)58-63-59(65-60(64-58)46-36-32-42(33-37-46)48-21-10-15-43-16-12-38-62-57(43)48)45-34-28-40(29-35-45)39-26-30-41(31-27-39)47-20-11-25-55-56(47)51-19-6-9-24-54(51)61(55)52-22-7-4-17-49(52)50-18-5-8-23-53(50)61/h1-38H. The first-order valence-corrected chi connectivity index (χ1v) is 22.1. The molecule has 0 N–H and O–H groups in total. The summed E-state index contributed by atoms with van der Waals surface area (Å²) >= 11 is 0. The second-order valence-corrected chi connectivity index (χ2v) is 16.9. The molecule has 0 fully saturated rings. The highest BCUT2D eigenvalue weighted by Gasteiger charge is 2.51. The molecular formula is C61H38N4. The van der Waals surface area contributed by atoms with Crippen molar-refractivity contribution in [1.29, 1.82) is 0 Å². The molecule has 0 bridgehead atoms. The van der Waals surface area contributed by atoms with Gasteiger partial charge in [0.1, 0.15) is 0 Å². The van der Waals surface area contributed by atoms with Gasteiger partial charge in [-0.1, -0.05) is 218 Å². The molecule has 0 saturated heterocycles. The molecule has 0 unspecified atom stereocenters. The Bertz CT molecular complexity index is 3580. The number of rotatable bonds is 6. The van der Waals surface area contributed by atoms with Crippen molar-refractivity contribution in [2.45, 2.75) is 5.41 Å². The van der Waals surface area contributed by atoms with E-state index < -0.39 is 0 Å². The lowest BCUT2D eigenvalue weighted by Crippen LogP contribution is -2.25. The lowest BCUT2D eigenvalue weighted by Gasteiger charge is -2.30. The van der Waals surface area contributed by atoms with Gasteiger partial charge in [-0.3, -0.25) is 4.98 Å². The van der Waals surface area contributed by atoms with Gasteiger partial charge >= 0.3 is 0 Å². The molecule has 4 heteroatoms. The van der Waals surface area contributed by atoms with Gasteiger partial charge < -0.3 is 0 Å². The molecule has 0 saturated carbocycles. The maximum absolute atomic E-state index is 5.06. The molecular weight excluding hydrogens is 789 g/mol. The first kappa shape index (κ1) is 37.0. The Morgan fingerprint density at radius 2 is 0.662 bits per heavy atom. The van der Waals surface area contributed by atoms with E-state index in [9.17, 15) is 0 Å². The summed E-state index contributed by atoms with van der Waals surface area (Å²) in [5, 5.41) is 1.12. The topological polar surface area (TPSA) is 51.6 Å². The summed E-state index contributed by atoms with van der Waals surface area (Å²) in [6, 6.07) is 80.4. The van der Waals surface area contributed by atoms with Crippen LogP contribution in [-0.2, 0) is 5.41 Å². The maximum atomic E-state index is 5.06. The van der Waals surface area contributed by atoms with Crippen LogP contribution < -0.4 is 0 Å². The van der Waals surface area contributed by atoms with Crippen molar-refractivity contribution in [2.75, 3.05) is 0 Å². The highest BCUT2D eigenvalue weighted by Crippen LogP contribution is 2.63. The third-order valence-corrected chi connectivity index (χ3v) is 13.4. The van der Waals surface area contributed by atoms with Gasteiger partial charge in [-0.15, -0.1) is 0 Å². The molecule has 302 valence electrons. The Hall–Kier alpha value is -8.60. The number of aromatic nitrogens is 4. The fourth-order valence-corrected chi connectivity index (χ4v) is 10.5. The van der Waals surface area contributed by atoms with Crippen LogP contribution in [0.25, 0.3) is 101 Å². The van der Waals surface area contributed by atoms with Crippen LogP contribution in [0.2, 0.25) is 0 Å². The van der Waals surface area contributed by atoms with E-state index in [1.807, 2.05) is 42.6 Å². The van der Waals surface area contributed by atoms with Crippen LogP contribution in [0.5, 0.6) is 0 Å². The highest BCUT2D eigenvalue weighted by atomic mass is 15.0. The molecule has 9 aromatic carbocycles. The molecule has 0 aliphatic heterocycles. The number of nitrogens with zero attached hydrogens (tertiary/aromatic N) is 4. The van der Waals surface area contributed by atoms with Crippen molar-refractivity contribution >= 4 is 10.9 Å². The molecule has 0 amide bonds. The van der Waals surface area contributed by atoms with E-state index in [-0.39, 0.29) is 5.41 Å². The highest BCUT2D eigenvalue weighted by molar-refractivity contribution is 6.00. The van der Waals surface area contributed by atoms with Crippen LogP contribution in [0.15, 0.2) is 231 Å². The minimum absolute atomic E-state index is 0.362. The molecule has 2 heterocycles. The average molecular weight is 827 g/mol. The average Bonchev–Trinajstić information content (AvgIpc) is 3.86. The zero-order chi connectivity index (χ0) is 42.9. The fraction of sp³-hybridized carbons (Fsp3) is 0.0164. The molecule has 11 aromatic rings. The Balaban J connectivity index is 0.840. The number of hydrogen-bond donors (Lipinski definition) is 0. The third-order valence-electron chi connectivity index (χ3n) is 13.4. The third kappa shape index (κ3) is 5.77. The van der Waals surface area contributed by atoms with Gasteiger partial charge in [-0.05, 0) is 78.4 Å². The Kier molecular flexibility index (Phi) is 8.40. The van der Waals surface area contributed by atoms with Gasteiger partial charge in [0.05, 0.1) is 10.9 Å². The van der Waals surface area contributed by atoms with Crippen molar-refractivity contribution in [3.63, 3.8) is 0 Å². The van der Waals surface area contributed by atoms with Gasteiger partial charge in [0.15, 0.2) is 17.5 Å². The summed E-state index contributed by atoms with van der Waals surface area (Å²) in [6.45, 7) is 0. The van der Waals surface area contributed by atoms with E-state index in [0.29, 0.717) is 17.5 Å². The molecule has 0 radical (unpaired) electrons. The molecule has 4 nitrogen and oxygen atoms in total. The summed E-state index contributed by atoms with van der Waals surface area (Å²) in [5.74, 6) is 1.88. The van der Waals surface area contributed by atoms with Crippen LogP contribution in [0.1, 0.15) is 22.3 Å². The van der Waals surface area contributed by atoms with E-state index in [2.05, 4.69) is 193 Å². The van der Waals surface area contributed by atoms with Crippen LogP contribution in [0.3, 0.4) is 0 Å². The number of pyridine rings is 1. The summed E-state index contributed by atoms with van der Waals surface area (Å²) in [5.41, 5.74) is 21.0. The lowest BCUT2D eigenvalue weighted by atomic mass is 9.70. The predicted molar refractivity (Wildman–Crippen MR) is 264 cm³/mol. The minimum Gasteiger partial charge on any atom is -0.256 e. The second kappa shape index (κ2) is 14.8. The zero-order valence-electron chi connectivity index (χ0n) is 35.2. The first-order chi connectivity index (χ1) is 32.2. The molecule has 2 aliphatic rings. The van der Waals surface area contributed by atoms with Crippen LogP contribution in [0, 0.1) is 0 Å². The summed E-state index contributed by atoms with van der Waals surface area (Å²) < 4.78 is 0. The van der Waals surface area contributed by atoms with Crippen LogP contribution in [0.4, 0.5) is 0 Å². The summed E-state index contributed by atoms with van der Waals surface area (Å²) in [6.07, 6.45) is 1.85. The maximum Gasteiger partial charge on any atom is 0.164 e. The van der Waals surface area contributed by atoms with Crippen LogP contribution >= 0.6 is 0 Å². The minimum atomic E-state index is -0.362. The van der Waals surface area contributed by atoms with E-state index in [1.54, 1.807) is 0 Å². The Labute approximate surface area is 377 Å². The lowest BCUT2D eigenvalue weighted by molar-refractivity contribution is 0.794. The van der Waals surface area contributed by atoms with Crippen molar-refractivity contribution in [2.24, 2.45) is 0 Å². The van der Waals surface area contributed by atoms with E-state index in [4.69, 9.17) is 15.0 Å². The van der Waals surface area contributed by atoms with E-state index >= 15 is 0 Å². The summed E-state index contributed by atoms with van der Waals surface area (Å²) in [4.78, 5) is 19.7. The van der Waals surface area contributed by atoms with Gasteiger partial charge in [-0.2, -0.15) is 0 Å². The Morgan fingerprint density at radius 3 is 1.26 bits per heavy atom. The molecule has 0 atom stereocenters. The number of fused-ring (bicyclic) bond motifs is 11. The van der Waals surface area contributed by atoms with Crippen molar-refractivity contribution in [3.8, 4) is 89.8 Å². The second-order valence-electron chi connectivity index (χ2n) is 16.9. The SMILES string of the molecule is c1ccc(-c2nc(-c3ccc(-c4ccc(-c5cccc6c5-c5ccccc5C65c6ccccc6-c6ccccc65)cc4)cc3)nc(-c3ccc(-c4cccc5cccnc45)cc3)n2)cc1. The monoisotopic (exact) mass is 826 g/mol. The molecule has 1 spiro atoms.